The molecule has 0 unspecified atom stereocenters. The number of hydrogen-bond acceptors (Lipinski definition) is 3. The van der Waals surface area contributed by atoms with Gasteiger partial charge in [-0.25, -0.2) is 0 Å². The summed E-state index contributed by atoms with van der Waals surface area (Å²) in [6.45, 7) is 8.49. The van der Waals surface area contributed by atoms with Crippen LogP contribution in [0.15, 0.2) is 42.5 Å². The first-order valence-corrected chi connectivity index (χ1v) is 8.67. The summed E-state index contributed by atoms with van der Waals surface area (Å²) in [7, 11) is 0. The van der Waals surface area contributed by atoms with Gasteiger partial charge >= 0.3 is 0 Å². The van der Waals surface area contributed by atoms with Gasteiger partial charge < -0.3 is 14.8 Å². The number of fused-ring (bicyclic) bond motifs is 1. The number of amides is 1. The van der Waals surface area contributed by atoms with E-state index in [1.807, 2.05) is 50.2 Å². The first kappa shape index (κ1) is 17.3. The molecule has 4 nitrogen and oxygen atoms in total. The summed E-state index contributed by atoms with van der Waals surface area (Å²) in [5, 5.41) is 2.89. The van der Waals surface area contributed by atoms with Crippen LogP contribution in [0.3, 0.4) is 0 Å². The van der Waals surface area contributed by atoms with E-state index in [9.17, 15) is 4.79 Å². The Balaban J connectivity index is 1.66. The maximum absolute atomic E-state index is 12.0. The number of ether oxygens (including phenoxy) is 2. The van der Waals surface area contributed by atoms with Gasteiger partial charge in [-0.1, -0.05) is 24.3 Å². The number of nitrogens with one attached hydrogen (secondary N) is 1. The Kier molecular flexibility index (Phi) is 4.71. The van der Waals surface area contributed by atoms with E-state index < -0.39 is 0 Å². The molecule has 0 aliphatic carbocycles. The van der Waals surface area contributed by atoms with Gasteiger partial charge in [0.05, 0.1) is 0 Å². The number of para-hydroxylation sites is 1. The van der Waals surface area contributed by atoms with Gasteiger partial charge in [0.15, 0.2) is 11.5 Å². The Bertz CT molecular complexity index is 763. The molecule has 2 aromatic rings. The van der Waals surface area contributed by atoms with Gasteiger partial charge in [-0.3, -0.25) is 4.79 Å². The van der Waals surface area contributed by atoms with Crippen LogP contribution in [0.25, 0.3) is 0 Å². The minimum absolute atomic E-state index is 0.0565. The van der Waals surface area contributed by atoms with Crippen LogP contribution in [0.4, 0.5) is 0 Å². The highest BCUT2D eigenvalue weighted by molar-refractivity contribution is 5.94. The minimum Gasteiger partial charge on any atom is -0.485 e. The molecule has 0 saturated heterocycles. The average molecular weight is 339 g/mol. The zero-order chi connectivity index (χ0) is 18.0. The fraction of sp³-hybridized carbons (Fsp3) is 0.381. The van der Waals surface area contributed by atoms with Gasteiger partial charge in [0.25, 0.3) is 5.91 Å². The normalized spacial score (nSPS) is 14.8. The van der Waals surface area contributed by atoms with Gasteiger partial charge in [0.2, 0.25) is 0 Å². The molecule has 1 aliphatic heterocycles. The molecule has 3 rings (SSSR count). The molecule has 0 fully saturated rings. The number of hydrogen-bond donors (Lipinski definition) is 1. The van der Waals surface area contributed by atoms with Crippen molar-refractivity contribution >= 4 is 5.91 Å². The SMILES string of the molecule is CC(C)NC(=O)c1ccc(COc2cccc3c2OC(C)(C)C3)cc1. The van der Waals surface area contributed by atoms with E-state index in [1.165, 1.54) is 5.56 Å². The van der Waals surface area contributed by atoms with Crippen molar-refractivity contribution in [2.24, 2.45) is 0 Å². The lowest BCUT2D eigenvalue weighted by molar-refractivity contribution is 0.0943. The number of rotatable bonds is 5. The van der Waals surface area contributed by atoms with Crippen LogP contribution < -0.4 is 14.8 Å². The summed E-state index contributed by atoms with van der Waals surface area (Å²) >= 11 is 0. The van der Waals surface area contributed by atoms with Crippen molar-refractivity contribution in [3.8, 4) is 11.5 Å². The molecule has 0 bridgehead atoms. The Labute approximate surface area is 149 Å². The smallest absolute Gasteiger partial charge is 0.251 e. The highest BCUT2D eigenvalue weighted by Gasteiger charge is 2.32. The first-order chi connectivity index (χ1) is 11.8. The van der Waals surface area contributed by atoms with E-state index in [4.69, 9.17) is 9.47 Å². The van der Waals surface area contributed by atoms with E-state index in [0.717, 1.165) is 23.5 Å². The highest BCUT2D eigenvalue weighted by Crippen LogP contribution is 2.41. The molecule has 0 atom stereocenters. The minimum atomic E-state index is -0.187. The second-order valence-electron chi connectivity index (χ2n) is 7.40. The maximum Gasteiger partial charge on any atom is 0.251 e. The molecule has 1 heterocycles. The van der Waals surface area contributed by atoms with Crippen molar-refractivity contribution in [2.45, 2.75) is 52.4 Å². The quantitative estimate of drug-likeness (QED) is 0.891. The van der Waals surface area contributed by atoms with Crippen molar-refractivity contribution in [2.75, 3.05) is 0 Å². The monoisotopic (exact) mass is 339 g/mol. The molecule has 132 valence electrons. The standard InChI is InChI=1S/C21H25NO3/c1-14(2)22-20(23)16-10-8-15(9-11-16)13-24-18-7-5-6-17-12-21(3,4)25-19(17)18/h5-11,14H,12-13H2,1-4H3,(H,22,23). The molecule has 0 radical (unpaired) electrons. The summed E-state index contributed by atoms with van der Waals surface area (Å²) in [4.78, 5) is 12.0. The van der Waals surface area contributed by atoms with E-state index in [2.05, 4.69) is 25.2 Å². The van der Waals surface area contributed by atoms with Gasteiger partial charge in [-0.05, 0) is 51.5 Å². The summed E-state index contributed by atoms with van der Waals surface area (Å²) in [6.07, 6.45) is 0.888. The number of carbonyl (C=O) groups is 1. The molecule has 4 heteroatoms. The van der Waals surface area contributed by atoms with Crippen LogP contribution in [0.5, 0.6) is 11.5 Å². The predicted octanol–water partition coefficient (Wildman–Crippen LogP) is 4.12. The van der Waals surface area contributed by atoms with Crippen LogP contribution >= 0.6 is 0 Å². The second-order valence-corrected chi connectivity index (χ2v) is 7.40. The summed E-state index contributed by atoms with van der Waals surface area (Å²) in [6, 6.07) is 13.6. The van der Waals surface area contributed by atoms with Gasteiger partial charge in [-0.2, -0.15) is 0 Å². The molecule has 1 N–H and O–H groups in total. The highest BCUT2D eigenvalue weighted by atomic mass is 16.5. The van der Waals surface area contributed by atoms with Crippen LogP contribution in [0, 0.1) is 0 Å². The van der Waals surface area contributed by atoms with E-state index >= 15 is 0 Å². The van der Waals surface area contributed by atoms with Crippen molar-refractivity contribution in [1.82, 2.24) is 5.32 Å². The van der Waals surface area contributed by atoms with E-state index in [1.54, 1.807) is 0 Å². The molecule has 1 amide bonds. The molecule has 0 spiro atoms. The van der Waals surface area contributed by atoms with Crippen molar-refractivity contribution < 1.29 is 14.3 Å². The topological polar surface area (TPSA) is 47.6 Å². The third-order valence-corrected chi connectivity index (χ3v) is 4.09. The Morgan fingerprint density at radius 1 is 1.20 bits per heavy atom. The van der Waals surface area contributed by atoms with Crippen molar-refractivity contribution in [3.63, 3.8) is 0 Å². The molecule has 0 aromatic heterocycles. The molecular weight excluding hydrogens is 314 g/mol. The van der Waals surface area contributed by atoms with E-state index in [-0.39, 0.29) is 17.6 Å². The van der Waals surface area contributed by atoms with Gasteiger partial charge in [0, 0.05) is 23.6 Å². The van der Waals surface area contributed by atoms with Crippen molar-refractivity contribution in [3.05, 3.63) is 59.2 Å². The number of carbonyl (C=O) groups excluding carboxylic acids is 1. The summed E-state index contributed by atoms with van der Waals surface area (Å²) in [5.41, 5.74) is 2.66. The zero-order valence-corrected chi connectivity index (χ0v) is 15.3. The Hall–Kier alpha value is -2.49. The second kappa shape index (κ2) is 6.79. The molecule has 2 aromatic carbocycles. The fourth-order valence-electron chi connectivity index (χ4n) is 2.96. The van der Waals surface area contributed by atoms with Crippen LogP contribution in [-0.2, 0) is 13.0 Å². The predicted molar refractivity (Wildman–Crippen MR) is 98.2 cm³/mol. The fourth-order valence-corrected chi connectivity index (χ4v) is 2.96. The largest absolute Gasteiger partial charge is 0.485 e. The van der Waals surface area contributed by atoms with Gasteiger partial charge in [-0.15, -0.1) is 0 Å². The maximum atomic E-state index is 12.0. The number of benzene rings is 2. The van der Waals surface area contributed by atoms with Gasteiger partial charge in [0.1, 0.15) is 12.2 Å². The third-order valence-electron chi connectivity index (χ3n) is 4.09. The average Bonchev–Trinajstić information content (AvgIpc) is 2.87. The zero-order valence-electron chi connectivity index (χ0n) is 15.3. The molecule has 25 heavy (non-hydrogen) atoms. The Morgan fingerprint density at radius 3 is 2.60 bits per heavy atom. The van der Waals surface area contributed by atoms with Crippen LogP contribution in [0.2, 0.25) is 0 Å². The molecule has 1 aliphatic rings. The van der Waals surface area contributed by atoms with Crippen LogP contribution in [0.1, 0.15) is 49.2 Å². The van der Waals surface area contributed by atoms with Crippen molar-refractivity contribution in [1.29, 1.82) is 0 Å². The summed E-state index contributed by atoms with van der Waals surface area (Å²) < 4.78 is 12.0. The lowest BCUT2D eigenvalue weighted by Crippen LogP contribution is -2.29. The first-order valence-electron chi connectivity index (χ1n) is 8.67. The lowest BCUT2D eigenvalue weighted by Gasteiger charge is -2.18. The van der Waals surface area contributed by atoms with Crippen LogP contribution in [-0.4, -0.2) is 17.6 Å². The molecule has 0 saturated carbocycles. The Morgan fingerprint density at radius 2 is 1.92 bits per heavy atom. The van der Waals surface area contributed by atoms with E-state index in [0.29, 0.717) is 12.2 Å². The third kappa shape index (κ3) is 4.13. The summed E-state index contributed by atoms with van der Waals surface area (Å²) in [5.74, 6) is 1.56. The lowest BCUT2D eigenvalue weighted by atomic mass is 10.0. The molecular formula is C21H25NO3.